The van der Waals surface area contributed by atoms with Crippen molar-refractivity contribution in [3.8, 4) is 5.75 Å². The second kappa shape index (κ2) is 8.08. The average molecular weight is 543 g/mol. The van der Waals surface area contributed by atoms with Crippen LogP contribution >= 0.6 is 0 Å². The molecule has 14 heteroatoms. The van der Waals surface area contributed by atoms with Crippen LogP contribution in [0.25, 0.3) is 32.3 Å². The Morgan fingerprint density at radius 2 is 1.09 bits per heavy atom. The maximum Gasteiger partial charge on any atom is 0.295 e. The van der Waals surface area contributed by atoms with E-state index in [1.165, 1.54) is 18.2 Å². The first-order valence-corrected chi connectivity index (χ1v) is 14.2. The van der Waals surface area contributed by atoms with E-state index >= 15 is 0 Å². The average Bonchev–Trinajstić information content (AvgIpc) is 2.72. The molecule has 0 aliphatic rings. The van der Waals surface area contributed by atoms with Crippen molar-refractivity contribution in [2.24, 2.45) is 5.92 Å². The molecule has 4 aromatic rings. The molecule has 4 aromatic carbocycles. The molecule has 11 nitrogen and oxygen atoms in total. The Morgan fingerprint density at radius 1 is 0.714 bits per heavy atom. The monoisotopic (exact) mass is 542 g/mol. The van der Waals surface area contributed by atoms with E-state index in [9.17, 15) is 43.7 Å². The number of rotatable bonds is 7. The van der Waals surface area contributed by atoms with E-state index in [1.54, 1.807) is 13.8 Å². The number of carbonyl (C=O) groups is 1. The summed E-state index contributed by atoms with van der Waals surface area (Å²) in [6, 6.07) is 6.49. The number of carbonyl (C=O) groups excluding carboxylic acids is 1. The first kappa shape index (κ1) is 25.2. The fourth-order valence-corrected chi connectivity index (χ4v) is 6.15. The Kier molecular flexibility index (Phi) is 5.82. The van der Waals surface area contributed by atoms with Crippen LogP contribution in [0.1, 0.15) is 13.8 Å². The molecule has 0 heterocycles. The SMILES string of the molecule is CC(C)C(=O)COc1cc(S(=O)(=O)O)c2ccc3c(S(=O)(=O)O)cc(S(=O)(=O)O)c4ccc1c2c43. The third-order valence-electron chi connectivity index (χ3n) is 5.59. The van der Waals surface area contributed by atoms with Crippen molar-refractivity contribution in [1.29, 1.82) is 0 Å². The number of benzene rings is 4. The molecule has 0 bridgehead atoms. The van der Waals surface area contributed by atoms with Gasteiger partial charge in [-0.2, -0.15) is 25.3 Å². The van der Waals surface area contributed by atoms with Gasteiger partial charge in [-0.15, -0.1) is 0 Å². The van der Waals surface area contributed by atoms with Gasteiger partial charge >= 0.3 is 0 Å². The van der Waals surface area contributed by atoms with E-state index in [0.29, 0.717) is 6.07 Å². The van der Waals surface area contributed by atoms with Gasteiger partial charge in [0.2, 0.25) is 0 Å². The van der Waals surface area contributed by atoms with Crippen molar-refractivity contribution < 1.29 is 48.4 Å². The van der Waals surface area contributed by atoms with Gasteiger partial charge in [-0.3, -0.25) is 18.5 Å². The molecule has 4 rings (SSSR count). The quantitative estimate of drug-likeness (QED) is 0.230. The Labute approximate surface area is 199 Å². The number of hydrogen-bond donors (Lipinski definition) is 3. The van der Waals surface area contributed by atoms with Crippen molar-refractivity contribution in [2.75, 3.05) is 6.61 Å². The maximum atomic E-state index is 12.2. The molecular weight excluding hydrogens is 524 g/mol. The Bertz CT molecular complexity index is 1800. The predicted octanol–water partition coefficient (Wildman–Crippen LogP) is 2.93. The highest BCUT2D eigenvalue weighted by molar-refractivity contribution is 7.87. The van der Waals surface area contributed by atoms with Crippen molar-refractivity contribution >= 4 is 68.5 Å². The second-order valence-corrected chi connectivity index (χ2v) is 12.3. The van der Waals surface area contributed by atoms with Gasteiger partial charge in [-0.1, -0.05) is 32.0 Å². The van der Waals surface area contributed by atoms with Crippen molar-refractivity contribution in [1.82, 2.24) is 0 Å². The number of ether oxygens (including phenoxy) is 1. The fraction of sp³-hybridized carbons (Fsp3) is 0.190. The van der Waals surface area contributed by atoms with Crippen LogP contribution in [0.4, 0.5) is 0 Å². The van der Waals surface area contributed by atoms with Crippen LogP contribution in [0.3, 0.4) is 0 Å². The van der Waals surface area contributed by atoms with E-state index in [-0.39, 0.29) is 43.9 Å². The molecule has 0 unspecified atom stereocenters. The summed E-state index contributed by atoms with van der Waals surface area (Å²) in [5.74, 6) is -0.865. The Hall–Kier alpha value is -2.88. The van der Waals surface area contributed by atoms with Crippen LogP contribution < -0.4 is 4.74 Å². The van der Waals surface area contributed by atoms with Crippen LogP contribution in [0.5, 0.6) is 5.75 Å². The molecule has 0 saturated carbocycles. The minimum Gasteiger partial charge on any atom is -0.485 e. The molecule has 0 aliphatic carbocycles. The lowest BCUT2D eigenvalue weighted by molar-refractivity contribution is -0.123. The van der Waals surface area contributed by atoms with Gasteiger partial charge in [-0.25, -0.2) is 0 Å². The molecule has 35 heavy (non-hydrogen) atoms. The van der Waals surface area contributed by atoms with E-state index < -0.39 is 57.6 Å². The van der Waals surface area contributed by atoms with Gasteiger partial charge < -0.3 is 4.74 Å². The number of ketones is 1. The summed E-state index contributed by atoms with van der Waals surface area (Å²) in [5.41, 5.74) is 0. The lowest BCUT2D eigenvalue weighted by Crippen LogP contribution is -2.17. The third kappa shape index (κ3) is 4.32. The summed E-state index contributed by atoms with van der Waals surface area (Å²) in [6.45, 7) is 2.82. The number of hydrogen-bond acceptors (Lipinski definition) is 8. The van der Waals surface area contributed by atoms with Gasteiger partial charge in [-0.05, 0) is 12.1 Å². The van der Waals surface area contributed by atoms with Crippen molar-refractivity contribution in [3.05, 3.63) is 36.4 Å². The molecule has 186 valence electrons. The lowest BCUT2D eigenvalue weighted by Gasteiger charge is -2.19. The number of Topliss-reactive ketones (excluding diaryl/α,β-unsaturated/α-hetero) is 1. The molecule has 0 radical (unpaired) electrons. The maximum absolute atomic E-state index is 12.2. The van der Waals surface area contributed by atoms with Crippen LogP contribution in [-0.2, 0) is 35.1 Å². The highest BCUT2D eigenvalue weighted by Crippen LogP contribution is 2.45. The minimum atomic E-state index is -5.01. The third-order valence-corrected chi connectivity index (χ3v) is 8.28. The Balaban J connectivity index is 2.27. The summed E-state index contributed by atoms with van der Waals surface area (Å²) in [7, 11) is -14.9. The highest BCUT2D eigenvalue weighted by atomic mass is 32.2. The normalized spacial score (nSPS) is 13.3. The molecule has 0 aliphatic heterocycles. The zero-order chi connectivity index (χ0) is 26.1. The topological polar surface area (TPSA) is 189 Å². The smallest absolute Gasteiger partial charge is 0.295 e. The Morgan fingerprint density at radius 3 is 1.49 bits per heavy atom. The van der Waals surface area contributed by atoms with E-state index in [0.717, 1.165) is 12.1 Å². The first-order chi connectivity index (χ1) is 16.0. The highest BCUT2D eigenvalue weighted by Gasteiger charge is 2.28. The van der Waals surface area contributed by atoms with Gasteiger partial charge in [0.05, 0.1) is 0 Å². The lowest BCUT2D eigenvalue weighted by atomic mass is 9.93. The van der Waals surface area contributed by atoms with Crippen LogP contribution in [0.2, 0.25) is 0 Å². The van der Waals surface area contributed by atoms with Gasteiger partial charge in [0.25, 0.3) is 30.4 Å². The van der Waals surface area contributed by atoms with Crippen LogP contribution in [-0.4, -0.2) is 51.3 Å². The van der Waals surface area contributed by atoms with Gasteiger partial charge in [0.15, 0.2) is 5.78 Å². The van der Waals surface area contributed by atoms with Gasteiger partial charge in [0, 0.05) is 44.3 Å². The standard InChI is InChI=1S/C21H18O11S3/c1-10(2)15(22)9-32-16-7-17(33(23,24)25)12-5-6-14-19(35(29,30)31)8-18(34(26,27)28)13-4-3-11(16)20(12)21(13)14/h3-8,10H,9H2,1-2H3,(H,23,24,25)(H,26,27,28)(H,29,30,31). The molecule has 0 saturated heterocycles. The summed E-state index contributed by atoms with van der Waals surface area (Å²) in [6.07, 6.45) is 0. The van der Waals surface area contributed by atoms with E-state index in [2.05, 4.69) is 0 Å². The van der Waals surface area contributed by atoms with E-state index in [1.807, 2.05) is 0 Å². The second-order valence-electron chi connectivity index (χ2n) is 8.15. The largest absolute Gasteiger partial charge is 0.485 e. The molecule has 3 N–H and O–H groups in total. The fourth-order valence-electron chi connectivity index (χ4n) is 3.94. The van der Waals surface area contributed by atoms with E-state index in [4.69, 9.17) is 4.74 Å². The molecular formula is C21H18O11S3. The molecule has 0 spiro atoms. The van der Waals surface area contributed by atoms with Gasteiger partial charge in [0.1, 0.15) is 27.0 Å². The minimum absolute atomic E-state index is 0.0301. The predicted molar refractivity (Wildman–Crippen MR) is 125 cm³/mol. The molecule has 0 amide bonds. The van der Waals surface area contributed by atoms with Crippen LogP contribution in [0.15, 0.2) is 51.1 Å². The first-order valence-electron chi connectivity index (χ1n) is 9.88. The zero-order valence-electron chi connectivity index (χ0n) is 18.1. The van der Waals surface area contributed by atoms with Crippen molar-refractivity contribution in [2.45, 2.75) is 28.5 Å². The molecule has 0 aromatic heterocycles. The summed E-state index contributed by atoms with van der Waals surface area (Å²) in [5, 5.41) is -0.465. The molecule has 0 atom stereocenters. The van der Waals surface area contributed by atoms with Crippen LogP contribution in [0, 0.1) is 5.92 Å². The zero-order valence-corrected chi connectivity index (χ0v) is 20.5. The molecule has 0 fully saturated rings. The summed E-state index contributed by atoms with van der Waals surface area (Å²) >= 11 is 0. The van der Waals surface area contributed by atoms with Crippen molar-refractivity contribution in [3.63, 3.8) is 0 Å². The summed E-state index contributed by atoms with van der Waals surface area (Å²) in [4.78, 5) is 9.76. The summed E-state index contributed by atoms with van der Waals surface area (Å²) < 4.78 is 108.